The average molecular weight is 658 g/mol. The van der Waals surface area contributed by atoms with E-state index in [0.29, 0.717) is 40.3 Å². The van der Waals surface area contributed by atoms with Crippen LogP contribution in [-0.2, 0) is 9.59 Å². The normalized spacial score (nSPS) is 27.4. The van der Waals surface area contributed by atoms with Gasteiger partial charge in [-0.2, -0.15) is 0 Å². The van der Waals surface area contributed by atoms with E-state index in [4.69, 9.17) is 28.2 Å². The number of pyridine rings is 1. The number of allylic oxidation sites excluding steroid dienone is 1. The average Bonchev–Trinajstić information content (AvgIpc) is 3.32. The predicted octanol–water partition coefficient (Wildman–Crippen LogP) is 5.94. The number of nitrogens with zero attached hydrogens (tertiary/aromatic N) is 5. The van der Waals surface area contributed by atoms with Crippen LogP contribution in [0.15, 0.2) is 52.1 Å². The third-order valence-electron chi connectivity index (χ3n) is 9.55. The van der Waals surface area contributed by atoms with Crippen LogP contribution in [0.4, 0.5) is 4.39 Å². The smallest absolute Gasteiger partial charge is 0.263 e. The van der Waals surface area contributed by atoms with Gasteiger partial charge in [0.15, 0.2) is 5.17 Å². The zero-order valence-electron chi connectivity index (χ0n) is 24.9. The van der Waals surface area contributed by atoms with Crippen LogP contribution < -0.4 is 5.32 Å². The van der Waals surface area contributed by atoms with Crippen LogP contribution in [-0.4, -0.2) is 73.9 Å². The van der Waals surface area contributed by atoms with E-state index in [0.717, 1.165) is 37.1 Å². The first-order chi connectivity index (χ1) is 21.1. The number of rotatable bonds is 5. The number of amidine groups is 1. The molecule has 1 aromatic heterocycles. The van der Waals surface area contributed by atoms with Gasteiger partial charge < -0.3 is 20.0 Å². The Labute approximate surface area is 271 Å². The molecule has 5 heterocycles. The third-order valence-corrected chi connectivity index (χ3v) is 11.2. The number of aliphatic imine (C=N–C) groups is 1. The number of halogens is 3. The maximum absolute atomic E-state index is 14.8. The summed E-state index contributed by atoms with van der Waals surface area (Å²) in [6, 6.07) is 7.17. The molecule has 2 saturated heterocycles. The lowest BCUT2D eigenvalue weighted by molar-refractivity contribution is -0.144. The number of benzene rings is 1. The van der Waals surface area contributed by atoms with Crippen LogP contribution in [0.1, 0.15) is 69.7 Å². The van der Waals surface area contributed by atoms with Crippen molar-refractivity contribution >= 4 is 51.9 Å². The van der Waals surface area contributed by atoms with E-state index >= 15 is 0 Å². The van der Waals surface area contributed by atoms with Gasteiger partial charge in [0.2, 0.25) is 5.91 Å². The van der Waals surface area contributed by atoms with Gasteiger partial charge >= 0.3 is 0 Å². The van der Waals surface area contributed by atoms with Crippen LogP contribution in [0.5, 0.6) is 0 Å². The number of fused-ring (bicyclic) bond motifs is 1. The van der Waals surface area contributed by atoms with Gasteiger partial charge in [0.05, 0.1) is 11.1 Å². The molecule has 3 fully saturated rings. The van der Waals surface area contributed by atoms with E-state index < -0.39 is 23.9 Å². The van der Waals surface area contributed by atoms with Crippen molar-refractivity contribution in [3.63, 3.8) is 0 Å². The fraction of sp³-hybridized carbons (Fsp3) is 0.500. The van der Waals surface area contributed by atoms with E-state index in [2.05, 4.69) is 22.1 Å². The molecule has 0 bridgehead atoms. The summed E-state index contributed by atoms with van der Waals surface area (Å²) < 4.78 is 14.8. The Hall–Kier alpha value is -2.66. The lowest BCUT2D eigenvalue weighted by atomic mass is 9.93. The molecule has 1 aliphatic carbocycles. The second-order valence-corrected chi connectivity index (χ2v) is 14.6. The molecule has 44 heavy (non-hydrogen) atoms. The monoisotopic (exact) mass is 656 g/mol. The van der Waals surface area contributed by atoms with Gasteiger partial charge in [-0.1, -0.05) is 49.2 Å². The molecule has 0 radical (unpaired) electrons. The highest BCUT2D eigenvalue weighted by Crippen LogP contribution is 2.54. The molecule has 5 aliphatic rings. The predicted molar refractivity (Wildman–Crippen MR) is 171 cm³/mol. The first kappa shape index (κ1) is 30.0. The van der Waals surface area contributed by atoms with Crippen LogP contribution in [0.25, 0.3) is 0 Å². The SMILES string of the molecule is CC(C)C1=C(C(=O)N2CCCC2C(=O)N2CC3(CC3)NC[C@@H]2C)SC2=N[C@@H](c3ccc(Cl)nc3)[C@@H](c3ccc(Cl)c(F)c3)N21. The second kappa shape index (κ2) is 11.3. The Morgan fingerprint density at radius 3 is 2.59 bits per heavy atom. The summed E-state index contributed by atoms with van der Waals surface area (Å²) in [4.78, 5) is 44.2. The van der Waals surface area contributed by atoms with Gasteiger partial charge in [0.25, 0.3) is 5.91 Å². The largest absolute Gasteiger partial charge is 0.335 e. The van der Waals surface area contributed by atoms with Crippen molar-refractivity contribution < 1.29 is 14.0 Å². The molecule has 4 aliphatic heterocycles. The Kier molecular flexibility index (Phi) is 7.71. The Bertz CT molecular complexity index is 1580. The number of carbonyl (C=O) groups excluding carboxylic acids is 2. The molecule has 1 unspecified atom stereocenters. The van der Waals surface area contributed by atoms with Crippen molar-refractivity contribution in [3.8, 4) is 0 Å². The summed E-state index contributed by atoms with van der Waals surface area (Å²) in [7, 11) is 0. The standard InChI is InChI=1S/C32H35Cl2FN6O2S/c1-17(2)26-28(30(43)39-12-4-5-23(39)29(42)40-16-32(10-11-32)37-14-18(40)3)44-31-38-25(20-7-9-24(34)36-15-20)27(41(26)31)19-6-8-21(33)22(35)13-19/h6-9,13,15,17-18,23,25,27,37H,4-5,10-12,14,16H2,1-3H3/t18-,23?,25-,27+/m0/s1. The molecule has 7 rings (SSSR count). The molecule has 1 aromatic carbocycles. The summed E-state index contributed by atoms with van der Waals surface area (Å²) in [5, 5.41) is 4.70. The molecule has 2 amide bonds. The van der Waals surface area contributed by atoms with Crippen molar-refractivity contribution in [2.45, 2.75) is 76.2 Å². The van der Waals surface area contributed by atoms with E-state index in [1.54, 1.807) is 23.2 Å². The Balaban J connectivity index is 1.23. The summed E-state index contributed by atoms with van der Waals surface area (Å²) in [6.07, 6.45) is 5.30. The molecule has 1 saturated carbocycles. The molecule has 4 atom stereocenters. The van der Waals surface area contributed by atoms with Gasteiger partial charge in [-0.3, -0.25) is 14.6 Å². The number of piperazine rings is 1. The number of hydrogen-bond acceptors (Lipinski definition) is 7. The lowest BCUT2D eigenvalue weighted by Gasteiger charge is -2.41. The summed E-state index contributed by atoms with van der Waals surface area (Å²) >= 11 is 13.5. The van der Waals surface area contributed by atoms with Gasteiger partial charge in [-0.15, -0.1) is 0 Å². The number of thioether (sulfide) groups is 1. The number of likely N-dealkylation sites (tertiary alicyclic amines) is 1. The Morgan fingerprint density at radius 2 is 1.91 bits per heavy atom. The molecule has 232 valence electrons. The highest BCUT2D eigenvalue weighted by Gasteiger charge is 2.52. The number of nitrogens with one attached hydrogen (secondary N) is 1. The minimum atomic E-state index is -0.516. The zero-order valence-corrected chi connectivity index (χ0v) is 27.2. The summed E-state index contributed by atoms with van der Waals surface area (Å²) in [5.74, 6) is -0.650. The first-order valence-corrected chi connectivity index (χ1v) is 16.9. The lowest BCUT2D eigenvalue weighted by Crippen LogP contribution is -2.61. The number of aromatic nitrogens is 1. The fourth-order valence-corrected chi connectivity index (χ4v) is 8.55. The number of carbonyl (C=O) groups is 2. The van der Waals surface area contributed by atoms with Crippen LogP contribution in [0.2, 0.25) is 10.2 Å². The minimum absolute atomic E-state index is 0.0417. The van der Waals surface area contributed by atoms with Crippen molar-refractivity contribution in [1.82, 2.24) is 25.0 Å². The maximum Gasteiger partial charge on any atom is 0.263 e. The molecule has 8 nitrogen and oxygen atoms in total. The minimum Gasteiger partial charge on any atom is -0.335 e. The molecular weight excluding hydrogens is 622 g/mol. The van der Waals surface area contributed by atoms with E-state index in [1.165, 1.54) is 17.8 Å². The first-order valence-electron chi connectivity index (χ1n) is 15.3. The highest BCUT2D eigenvalue weighted by molar-refractivity contribution is 8.18. The molecule has 1 spiro atoms. The molecule has 1 N–H and O–H groups in total. The van der Waals surface area contributed by atoms with E-state index in [9.17, 15) is 14.0 Å². The molecular formula is C32H35Cl2FN6O2S. The van der Waals surface area contributed by atoms with Crippen LogP contribution in [0.3, 0.4) is 0 Å². The number of hydrogen-bond donors (Lipinski definition) is 1. The second-order valence-electron chi connectivity index (χ2n) is 12.9. The highest BCUT2D eigenvalue weighted by atomic mass is 35.5. The Morgan fingerprint density at radius 1 is 1.14 bits per heavy atom. The summed E-state index contributed by atoms with van der Waals surface area (Å²) in [5.41, 5.74) is 2.40. The fourth-order valence-electron chi connectivity index (χ4n) is 7.02. The van der Waals surface area contributed by atoms with Gasteiger partial charge in [-0.05, 0) is 79.6 Å². The topological polar surface area (TPSA) is 81.1 Å². The van der Waals surface area contributed by atoms with Crippen molar-refractivity contribution in [1.29, 1.82) is 0 Å². The maximum atomic E-state index is 14.8. The van der Waals surface area contributed by atoms with Crippen molar-refractivity contribution in [2.75, 3.05) is 19.6 Å². The van der Waals surface area contributed by atoms with Gasteiger partial charge in [-0.25, -0.2) is 9.37 Å². The van der Waals surface area contributed by atoms with Crippen LogP contribution in [0, 0.1) is 11.7 Å². The quantitative estimate of drug-likeness (QED) is 0.401. The van der Waals surface area contributed by atoms with Crippen molar-refractivity contribution in [3.05, 3.63) is 74.3 Å². The van der Waals surface area contributed by atoms with Gasteiger partial charge in [0.1, 0.15) is 28.0 Å². The van der Waals surface area contributed by atoms with Crippen molar-refractivity contribution in [2.24, 2.45) is 10.9 Å². The number of amides is 2. The zero-order chi connectivity index (χ0) is 30.9. The van der Waals surface area contributed by atoms with Gasteiger partial charge in [0, 0.05) is 43.1 Å². The summed E-state index contributed by atoms with van der Waals surface area (Å²) in [6.45, 7) is 8.18. The van der Waals surface area contributed by atoms with Crippen LogP contribution >= 0.6 is 35.0 Å². The molecule has 2 aromatic rings. The third kappa shape index (κ3) is 5.11. The molecule has 12 heteroatoms. The van der Waals surface area contributed by atoms with E-state index in [1.807, 2.05) is 30.9 Å². The van der Waals surface area contributed by atoms with E-state index in [-0.39, 0.29) is 34.3 Å².